The van der Waals surface area contributed by atoms with Crippen LogP contribution in [-0.2, 0) is 11.2 Å². The Labute approximate surface area is 97.7 Å². The van der Waals surface area contributed by atoms with Gasteiger partial charge >= 0.3 is 0 Å². The van der Waals surface area contributed by atoms with E-state index in [9.17, 15) is 4.79 Å². The van der Waals surface area contributed by atoms with E-state index in [0.29, 0.717) is 19.5 Å². The van der Waals surface area contributed by atoms with Gasteiger partial charge in [0.05, 0.1) is 13.0 Å². The molecule has 1 aromatic heterocycles. The molecule has 0 aliphatic rings. The normalized spacial score (nSPS) is 9.93. The van der Waals surface area contributed by atoms with Gasteiger partial charge in [-0.1, -0.05) is 6.08 Å². The number of nitrogens with one attached hydrogen (secondary N) is 1. The lowest BCUT2D eigenvalue weighted by Crippen LogP contribution is -2.24. The van der Waals surface area contributed by atoms with E-state index in [1.165, 1.54) is 0 Å². The second kappa shape index (κ2) is 6.48. The molecule has 0 unspecified atom stereocenters. The molecule has 0 saturated carbocycles. The Kier molecular flexibility index (Phi) is 5.21. The summed E-state index contributed by atoms with van der Waals surface area (Å²) in [5.74, 6) is 0.131. The van der Waals surface area contributed by atoms with Crippen LogP contribution >= 0.6 is 15.9 Å². The average molecular weight is 269 g/mol. The molecular weight excluding hydrogens is 256 g/mol. The molecule has 0 amide bonds. The molecule has 1 N–H and O–H groups in total. The topological polar surface area (TPSA) is 42.0 Å². The van der Waals surface area contributed by atoms with Crippen LogP contribution in [0.3, 0.4) is 0 Å². The number of Topliss-reactive ketones (excluding diaryl/α,β-unsaturated/α-hetero) is 1. The summed E-state index contributed by atoms with van der Waals surface area (Å²) in [7, 11) is 0. The molecule has 0 fully saturated rings. The van der Waals surface area contributed by atoms with E-state index in [2.05, 4.69) is 32.8 Å². The van der Waals surface area contributed by atoms with Gasteiger partial charge in [0, 0.05) is 22.9 Å². The van der Waals surface area contributed by atoms with Crippen LogP contribution in [0.2, 0.25) is 0 Å². The molecule has 0 bridgehead atoms. The third kappa shape index (κ3) is 4.85. The minimum absolute atomic E-state index is 0.131. The second-order valence-electron chi connectivity index (χ2n) is 3.10. The number of hydrogen-bond donors (Lipinski definition) is 1. The Balaban J connectivity index is 2.37. The maximum atomic E-state index is 11.4. The molecule has 0 aliphatic carbocycles. The van der Waals surface area contributed by atoms with Crippen LogP contribution in [0.15, 0.2) is 35.5 Å². The minimum atomic E-state index is 0.131. The van der Waals surface area contributed by atoms with Crippen molar-refractivity contribution in [3.05, 3.63) is 41.2 Å². The highest BCUT2D eigenvalue weighted by atomic mass is 79.9. The summed E-state index contributed by atoms with van der Waals surface area (Å²) in [5, 5.41) is 2.96. The quantitative estimate of drug-likeness (QED) is 0.631. The summed E-state index contributed by atoms with van der Waals surface area (Å²) in [6.07, 6.45) is 3.79. The first-order valence-electron chi connectivity index (χ1n) is 4.66. The van der Waals surface area contributed by atoms with Crippen molar-refractivity contribution in [1.29, 1.82) is 0 Å². The van der Waals surface area contributed by atoms with Crippen molar-refractivity contribution in [1.82, 2.24) is 10.3 Å². The molecule has 1 rings (SSSR count). The zero-order valence-corrected chi connectivity index (χ0v) is 9.96. The summed E-state index contributed by atoms with van der Waals surface area (Å²) >= 11 is 3.29. The van der Waals surface area contributed by atoms with Gasteiger partial charge in [0.15, 0.2) is 5.78 Å². The van der Waals surface area contributed by atoms with Crippen LogP contribution < -0.4 is 5.32 Å². The van der Waals surface area contributed by atoms with Gasteiger partial charge in [0.1, 0.15) is 0 Å². The number of aromatic nitrogens is 1. The van der Waals surface area contributed by atoms with Gasteiger partial charge in [0.2, 0.25) is 0 Å². The van der Waals surface area contributed by atoms with E-state index in [0.717, 1.165) is 10.2 Å². The number of rotatable bonds is 6. The van der Waals surface area contributed by atoms with Gasteiger partial charge in [-0.2, -0.15) is 0 Å². The first kappa shape index (κ1) is 12.1. The molecule has 1 heterocycles. The predicted molar refractivity (Wildman–Crippen MR) is 63.7 cm³/mol. The highest BCUT2D eigenvalue weighted by Crippen LogP contribution is 2.07. The van der Waals surface area contributed by atoms with Crippen molar-refractivity contribution in [2.45, 2.75) is 6.42 Å². The Morgan fingerprint density at radius 3 is 3.00 bits per heavy atom. The van der Waals surface area contributed by atoms with Crippen molar-refractivity contribution >= 4 is 21.7 Å². The molecule has 0 aromatic carbocycles. The van der Waals surface area contributed by atoms with Crippen LogP contribution in [0.1, 0.15) is 5.69 Å². The average Bonchev–Trinajstić information content (AvgIpc) is 2.22. The van der Waals surface area contributed by atoms with Gasteiger partial charge in [-0.25, -0.2) is 0 Å². The lowest BCUT2D eigenvalue weighted by molar-refractivity contribution is -0.117. The van der Waals surface area contributed by atoms with Crippen LogP contribution in [0, 0.1) is 0 Å². The molecule has 0 atom stereocenters. The Morgan fingerprint density at radius 2 is 2.40 bits per heavy atom. The molecule has 15 heavy (non-hydrogen) atoms. The van der Waals surface area contributed by atoms with Crippen molar-refractivity contribution < 1.29 is 4.79 Å². The van der Waals surface area contributed by atoms with Crippen LogP contribution in [0.25, 0.3) is 0 Å². The highest BCUT2D eigenvalue weighted by Gasteiger charge is 2.03. The van der Waals surface area contributed by atoms with Crippen LogP contribution in [-0.4, -0.2) is 23.9 Å². The summed E-state index contributed by atoms with van der Waals surface area (Å²) in [4.78, 5) is 15.6. The van der Waals surface area contributed by atoms with Crippen molar-refractivity contribution in [2.24, 2.45) is 0 Å². The fourth-order valence-electron chi connectivity index (χ4n) is 1.09. The number of ketones is 1. The fourth-order valence-corrected chi connectivity index (χ4v) is 1.32. The van der Waals surface area contributed by atoms with Gasteiger partial charge in [-0.15, -0.1) is 6.58 Å². The van der Waals surface area contributed by atoms with E-state index in [1.54, 1.807) is 12.3 Å². The number of nitrogens with zero attached hydrogens (tertiary/aromatic N) is 1. The van der Waals surface area contributed by atoms with Crippen molar-refractivity contribution in [2.75, 3.05) is 13.1 Å². The van der Waals surface area contributed by atoms with Gasteiger partial charge in [-0.05, 0) is 28.1 Å². The van der Waals surface area contributed by atoms with Gasteiger partial charge < -0.3 is 5.32 Å². The van der Waals surface area contributed by atoms with Gasteiger partial charge in [-0.3, -0.25) is 9.78 Å². The van der Waals surface area contributed by atoms with Crippen LogP contribution in [0.5, 0.6) is 0 Å². The summed E-state index contributed by atoms with van der Waals surface area (Å²) < 4.78 is 0.920. The monoisotopic (exact) mass is 268 g/mol. The first-order valence-corrected chi connectivity index (χ1v) is 5.45. The van der Waals surface area contributed by atoms with Crippen molar-refractivity contribution in [3.8, 4) is 0 Å². The molecule has 1 aromatic rings. The zero-order chi connectivity index (χ0) is 11.1. The maximum Gasteiger partial charge on any atom is 0.152 e. The lowest BCUT2D eigenvalue weighted by Gasteiger charge is -2.01. The summed E-state index contributed by atoms with van der Waals surface area (Å²) in [6, 6.07) is 3.72. The highest BCUT2D eigenvalue weighted by molar-refractivity contribution is 9.10. The number of carbonyl (C=O) groups excluding carboxylic acids is 1. The Bertz CT molecular complexity index is 335. The molecule has 0 saturated heterocycles. The molecule has 80 valence electrons. The first-order chi connectivity index (χ1) is 7.22. The Hall–Kier alpha value is -1.00. The Morgan fingerprint density at radius 1 is 1.60 bits per heavy atom. The maximum absolute atomic E-state index is 11.4. The molecule has 4 heteroatoms. The van der Waals surface area contributed by atoms with E-state index in [4.69, 9.17) is 0 Å². The standard InChI is InChI=1S/C11H13BrN2O/c1-2-5-13-8-11(15)6-10-4-3-9(12)7-14-10/h2-4,7,13H,1,5-6,8H2. The number of carbonyl (C=O) groups is 1. The third-order valence-corrected chi connectivity index (χ3v) is 2.25. The smallest absolute Gasteiger partial charge is 0.152 e. The van der Waals surface area contributed by atoms with Crippen LogP contribution in [0.4, 0.5) is 0 Å². The van der Waals surface area contributed by atoms with E-state index < -0.39 is 0 Å². The predicted octanol–water partition coefficient (Wildman–Crippen LogP) is 1.73. The van der Waals surface area contributed by atoms with E-state index in [1.807, 2.05) is 12.1 Å². The molecule has 3 nitrogen and oxygen atoms in total. The van der Waals surface area contributed by atoms with E-state index in [-0.39, 0.29) is 5.78 Å². The largest absolute Gasteiger partial charge is 0.307 e. The minimum Gasteiger partial charge on any atom is -0.307 e. The molecule has 0 spiro atoms. The fraction of sp³-hybridized carbons (Fsp3) is 0.273. The molecule has 0 radical (unpaired) electrons. The SMILES string of the molecule is C=CCNCC(=O)Cc1ccc(Br)cn1. The number of halogens is 1. The summed E-state index contributed by atoms with van der Waals surface area (Å²) in [6.45, 7) is 4.58. The lowest BCUT2D eigenvalue weighted by atomic mass is 10.2. The van der Waals surface area contributed by atoms with Gasteiger partial charge in [0.25, 0.3) is 0 Å². The number of pyridine rings is 1. The zero-order valence-electron chi connectivity index (χ0n) is 8.37. The molecule has 0 aliphatic heterocycles. The van der Waals surface area contributed by atoms with E-state index >= 15 is 0 Å². The molecular formula is C11H13BrN2O. The second-order valence-corrected chi connectivity index (χ2v) is 4.02. The van der Waals surface area contributed by atoms with Crippen molar-refractivity contribution in [3.63, 3.8) is 0 Å². The summed E-state index contributed by atoms with van der Waals surface area (Å²) in [5.41, 5.74) is 0.795. The number of hydrogen-bond acceptors (Lipinski definition) is 3. The third-order valence-electron chi connectivity index (χ3n) is 1.78.